The molecule has 3 N–H and O–H groups in total. The first-order chi connectivity index (χ1) is 13.1. The van der Waals surface area contributed by atoms with Crippen LogP contribution < -0.4 is 16.0 Å². The van der Waals surface area contributed by atoms with Crippen molar-refractivity contribution in [3.8, 4) is 0 Å². The van der Waals surface area contributed by atoms with E-state index in [4.69, 9.17) is 0 Å². The summed E-state index contributed by atoms with van der Waals surface area (Å²) in [5.74, 6) is 0.697. The van der Waals surface area contributed by atoms with Crippen molar-refractivity contribution in [3.63, 3.8) is 0 Å². The number of benzene rings is 1. The number of nitrogens with one attached hydrogen (secondary N) is 3. The molecule has 0 spiro atoms. The van der Waals surface area contributed by atoms with Gasteiger partial charge in [0, 0.05) is 38.6 Å². The molecule has 7 nitrogen and oxygen atoms in total. The predicted octanol–water partition coefficient (Wildman–Crippen LogP) is 1.53. The number of carbonyl (C=O) groups is 2. The molecule has 1 saturated heterocycles. The maximum absolute atomic E-state index is 12.0. The third kappa shape index (κ3) is 8.45. The molecule has 28 heavy (non-hydrogen) atoms. The number of nitrogens with zero attached hydrogens (tertiary/aromatic N) is 2. The number of hydrogen-bond donors (Lipinski definition) is 3. The highest BCUT2D eigenvalue weighted by Gasteiger charge is 2.25. The largest absolute Gasteiger partial charge is 0.357 e. The zero-order valence-corrected chi connectivity index (χ0v) is 19.1. The summed E-state index contributed by atoms with van der Waals surface area (Å²) in [7, 11) is 0. The van der Waals surface area contributed by atoms with Gasteiger partial charge < -0.3 is 20.9 Å². The summed E-state index contributed by atoms with van der Waals surface area (Å²) < 4.78 is 0. The Morgan fingerprint density at radius 1 is 1.18 bits per heavy atom. The first kappa shape index (κ1) is 24.2. The highest BCUT2D eigenvalue weighted by Crippen LogP contribution is 2.10. The Kier molecular flexibility index (Phi) is 11.5. The van der Waals surface area contributed by atoms with Crippen LogP contribution in [0.2, 0.25) is 0 Å². The van der Waals surface area contributed by atoms with Gasteiger partial charge in [0.25, 0.3) is 0 Å². The molecule has 0 radical (unpaired) electrons. The van der Waals surface area contributed by atoms with Crippen LogP contribution in [0.4, 0.5) is 0 Å². The topological polar surface area (TPSA) is 85.8 Å². The van der Waals surface area contributed by atoms with Crippen LogP contribution in [0, 0.1) is 0 Å². The number of rotatable bonds is 8. The van der Waals surface area contributed by atoms with Crippen molar-refractivity contribution in [3.05, 3.63) is 35.9 Å². The summed E-state index contributed by atoms with van der Waals surface area (Å²) in [6.45, 7) is 6.70. The molecule has 1 atom stereocenters. The maximum Gasteiger partial charge on any atom is 0.241 e. The molecule has 1 aromatic rings. The Hall–Kier alpha value is -1.84. The van der Waals surface area contributed by atoms with E-state index in [0.717, 1.165) is 19.4 Å². The smallest absolute Gasteiger partial charge is 0.241 e. The molecule has 156 valence electrons. The van der Waals surface area contributed by atoms with Gasteiger partial charge in [0.2, 0.25) is 11.8 Å². The van der Waals surface area contributed by atoms with Crippen molar-refractivity contribution < 1.29 is 9.59 Å². The molecule has 1 aliphatic heterocycles. The zero-order valence-electron chi connectivity index (χ0n) is 16.7. The summed E-state index contributed by atoms with van der Waals surface area (Å²) in [5.41, 5.74) is 1.20. The molecular formula is C20H32IN5O2. The molecule has 0 saturated carbocycles. The van der Waals surface area contributed by atoms with Gasteiger partial charge in [-0.05, 0) is 25.3 Å². The van der Waals surface area contributed by atoms with Crippen LogP contribution in [-0.2, 0) is 16.0 Å². The van der Waals surface area contributed by atoms with Crippen LogP contribution >= 0.6 is 24.0 Å². The second kappa shape index (κ2) is 13.4. The number of amides is 2. The normalized spacial score (nSPS) is 16.3. The van der Waals surface area contributed by atoms with Crippen molar-refractivity contribution >= 4 is 41.8 Å². The molecule has 1 unspecified atom stereocenters. The van der Waals surface area contributed by atoms with Gasteiger partial charge in [-0.3, -0.25) is 9.59 Å². The van der Waals surface area contributed by atoms with E-state index < -0.39 is 0 Å². The Balaban J connectivity index is 0.00000392. The van der Waals surface area contributed by atoms with Gasteiger partial charge in [0.05, 0.1) is 0 Å². The Bertz CT molecular complexity index is 639. The van der Waals surface area contributed by atoms with Crippen LogP contribution in [0.5, 0.6) is 0 Å². The highest BCUT2D eigenvalue weighted by atomic mass is 127. The second-order valence-electron chi connectivity index (χ2n) is 6.60. The Labute approximate surface area is 184 Å². The Morgan fingerprint density at radius 2 is 1.93 bits per heavy atom. The van der Waals surface area contributed by atoms with Crippen LogP contribution in [0.1, 0.15) is 32.3 Å². The van der Waals surface area contributed by atoms with Gasteiger partial charge in [0.1, 0.15) is 6.54 Å². The van der Waals surface area contributed by atoms with Gasteiger partial charge in [-0.1, -0.05) is 37.3 Å². The summed E-state index contributed by atoms with van der Waals surface area (Å²) in [6, 6.07) is 10.2. The molecule has 8 heteroatoms. The van der Waals surface area contributed by atoms with Crippen LogP contribution in [0.3, 0.4) is 0 Å². The number of aliphatic imine (C=N–C) groups is 1. The van der Waals surface area contributed by atoms with Crippen LogP contribution in [-0.4, -0.2) is 61.4 Å². The number of carbonyl (C=O) groups excluding carboxylic acids is 2. The van der Waals surface area contributed by atoms with E-state index in [1.165, 1.54) is 5.56 Å². The SMILES string of the molecule is CCNC(=NCC(=O)NCCc1ccccc1)NC1CCN(C(=O)CC)C1.I. The standard InChI is InChI=1S/C20H31N5O2.HI/c1-3-19(27)25-13-11-17(15-25)24-20(21-4-2)23-14-18(26)22-12-10-16-8-6-5-7-9-16;/h5-9,17H,3-4,10-15H2,1-2H3,(H,22,26)(H2,21,23,24);1H. The summed E-state index contributed by atoms with van der Waals surface area (Å²) in [6.07, 6.45) is 2.22. The van der Waals surface area contributed by atoms with E-state index in [9.17, 15) is 9.59 Å². The van der Waals surface area contributed by atoms with E-state index in [0.29, 0.717) is 32.0 Å². The first-order valence-electron chi connectivity index (χ1n) is 9.75. The fourth-order valence-electron chi connectivity index (χ4n) is 3.04. The van der Waals surface area contributed by atoms with E-state index in [2.05, 4.69) is 20.9 Å². The quantitative estimate of drug-likeness (QED) is 0.287. The molecule has 2 amide bonds. The second-order valence-corrected chi connectivity index (χ2v) is 6.60. The predicted molar refractivity (Wildman–Crippen MR) is 123 cm³/mol. The fraction of sp³-hybridized carbons (Fsp3) is 0.550. The lowest BCUT2D eigenvalue weighted by Gasteiger charge is -2.18. The number of halogens is 1. The third-order valence-corrected chi connectivity index (χ3v) is 4.49. The van der Waals surface area contributed by atoms with Crippen molar-refractivity contribution in [2.45, 2.75) is 39.2 Å². The monoisotopic (exact) mass is 501 g/mol. The summed E-state index contributed by atoms with van der Waals surface area (Å²) >= 11 is 0. The minimum atomic E-state index is -0.0997. The molecule has 1 aromatic carbocycles. The van der Waals surface area contributed by atoms with Crippen LogP contribution in [0.15, 0.2) is 35.3 Å². The van der Waals surface area contributed by atoms with Crippen molar-refractivity contribution in [2.75, 3.05) is 32.7 Å². The lowest BCUT2D eigenvalue weighted by molar-refractivity contribution is -0.129. The molecule has 1 heterocycles. The molecule has 0 bridgehead atoms. The minimum Gasteiger partial charge on any atom is -0.357 e. The number of likely N-dealkylation sites (tertiary alicyclic amines) is 1. The van der Waals surface area contributed by atoms with E-state index in [-0.39, 0.29) is 48.4 Å². The average Bonchev–Trinajstić information content (AvgIpc) is 3.15. The lowest BCUT2D eigenvalue weighted by Crippen LogP contribution is -2.45. The van der Waals surface area contributed by atoms with E-state index in [1.807, 2.05) is 49.1 Å². The highest BCUT2D eigenvalue weighted by molar-refractivity contribution is 14.0. The number of guanidine groups is 1. The zero-order chi connectivity index (χ0) is 19.5. The van der Waals surface area contributed by atoms with Crippen molar-refractivity contribution in [1.82, 2.24) is 20.9 Å². The van der Waals surface area contributed by atoms with E-state index >= 15 is 0 Å². The summed E-state index contributed by atoms with van der Waals surface area (Å²) in [4.78, 5) is 30.1. The van der Waals surface area contributed by atoms with Crippen molar-refractivity contribution in [1.29, 1.82) is 0 Å². The van der Waals surface area contributed by atoms with Gasteiger partial charge in [-0.25, -0.2) is 4.99 Å². The third-order valence-electron chi connectivity index (χ3n) is 4.49. The lowest BCUT2D eigenvalue weighted by atomic mass is 10.1. The molecule has 2 rings (SSSR count). The fourth-order valence-corrected chi connectivity index (χ4v) is 3.04. The van der Waals surface area contributed by atoms with Gasteiger partial charge in [0.15, 0.2) is 5.96 Å². The first-order valence-corrected chi connectivity index (χ1v) is 9.75. The average molecular weight is 501 g/mol. The van der Waals surface area contributed by atoms with Crippen molar-refractivity contribution in [2.24, 2.45) is 4.99 Å². The summed E-state index contributed by atoms with van der Waals surface area (Å²) in [5, 5.41) is 9.39. The van der Waals surface area contributed by atoms with Gasteiger partial charge in [-0.2, -0.15) is 0 Å². The number of hydrogen-bond acceptors (Lipinski definition) is 3. The maximum atomic E-state index is 12.0. The van der Waals surface area contributed by atoms with E-state index in [1.54, 1.807) is 0 Å². The molecule has 0 aliphatic carbocycles. The minimum absolute atomic E-state index is 0. The molecular weight excluding hydrogens is 469 g/mol. The molecule has 1 fully saturated rings. The molecule has 1 aliphatic rings. The van der Waals surface area contributed by atoms with Crippen LogP contribution in [0.25, 0.3) is 0 Å². The van der Waals surface area contributed by atoms with Gasteiger partial charge in [-0.15, -0.1) is 24.0 Å². The Morgan fingerprint density at radius 3 is 2.61 bits per heavy atom. The molecule has 0 aromatic heterocycles. The van der Waals surface area contributed by atoms with Gasteiger partial charge >= 0.3 is 0 Å².